The molecule has 1 heterocycles. The van der Waals surface area contributed by atoms with Crippen molar-refractivity contribution < 1.29 is 27.9 Å². The number of benzene rings is 1. The summed E-state index contributed by atoms with van der Waals surface area (Å²) in [4.78, 5) is 25.7. The van der Waals surface area contributed by atoms with Crippen molar-refractivity contribution in [1.29, 1.82) is 0 Å². The maximum Gasteiger partial charge on any atom is 0.312 e. The summed E-state index contributed by atoms with van der Waals surface area (Å²) in [7, 11) is -3.64. The number of carbonyl (C=O) groups excluding carboxylic acids is 2. The first-order chi connectivity index (χ1) is 16.1. The highest BCUT2D eigenvalue weighted by atomic mass is 32.2. The molecule has 1 aromatic carbocycles. The molecule has 1 aliphatic heterocycles. The van der Waals surface area contributed by atoms with Crippen LogP contribution in [0.25, 0.3) is 0 Å². The number of piperidine rings is 1. The summed E-state index contributed by atoms with van der Waals surface area (Å²) < 4.78 is 33.2. The Hall–Kier alpha value is -1.97. The maximum atomic E-state index is 13.1. The largest absolute Gasteiger partial charge is 0.455 e. The molecule has 0 radical (unpaired) electrons. The van der Waals surface area contributed by atoms with Crippen LogP contribution in [-0.4, -0.2) is 55.0 Å². The van der Waals surface area contributed by atoms with Crippen LogP contribution >= 0.6 is 0 Å². The zero-order valence-electron chi connectivity index (χ0n) is 19.7. The second-order valence-electron chi connectivity index (χ2n) is 11.0. The van der Waals surface area contributed by atoms with Gasteiger partial charge < -0.3 is 15.2 Å². The summed E-state index contributed by atoms with van der Waals surface area (Å²) in [5.74, 6) is -0.213. The SMILES string of the molecule is Cc1ccc(NC(=O)COC(=O)C23CC4CC(CC(O)(C4)C2)C3)cc1S(=O)(=O)N1CCCCC1. The Labute approximate surface area is 201 Å². The van der Waals surface area contributed by atoms with Gasteiger partial charge in [-0.15, -0.1) is 0 Å². The standard InChI is InChI=1S/C25H34N2O6S/c1-17-5-6-20(10-21(17)34(31,32)27-7-3-2-4-8-27)26-22(28)15-33-23(29)24-11-18-9-19(12-24)14-25(30,13-18)16-24/h5-6,10,18-19,30H,2-4,7-9,11-16H2,1H3,(H,26,28). The Morgan fingerprint density at radius 1 is 1.12 bits per heavy atom. The average molecular weight is 491 g/mol. The van der Waals surface area contributed by atoms with Crippen LogP contribution in [0.1, 0.15) is 63.4 Å². The van der Waals surface area contributed by atoms with Crippen molar-refractivity contribution in [2.45, 2.75) is 75.2 Å². The number of aryl methyl sites for hydroxylation is 1. The highest BCUT2D eigenvalue weighted by molar-refractivity contribution is 7.89. The van der Waals surface area contributed by atoms with Gasteiger partial charge in [0.15, 0.2) is 6.61 Å². The minimum Gasteiger partial charge on any atom is -0.455 e. The molecule has 2 atom stereocenters. The van der Waals surface area contributed by atoms with E-state index in [0.29, 0.717) is 42.6 Å². The minimum atomic E-state index is -3.64. The van der Waals surface area contributed by atoms with E-state index in [1.165, 1.54) is 10.4 Å². The van der Waals surface area contributed by atoms with Crippen LogP contribution in [-0.2, 0) is 24.3 Å². The summed E-state index contributed by atoms with van der Waals surface area (Å²) in [5, 5.41) is 13.5. The molecule has 8 nitrogen and oxygen atoms in total. The molecule has 1 aromatic rings. The minimum absolute atomic E-state index is 0.186. The average Bonchev–Trinajstić information content (AvgIpc) is 2.77. The van der Waals surface area contributed by atoms with Crippen LogP contribution in [0, 0.1) is 24.2 Å². The molecule has 1 saturated heterocycles. The van der Waals surface area contributed by atoms with Gasteiger partial charge in [-0.1, -0.05) is 12.5 Å². The lowest BCUT2D eigenvalue weighted by Gasteiger charge is -2.58. The number of carbonyl (C=O) groups is 2. The molecule has 2 N–H and O–H groups in total. The van der Waals surface area contributed by atoms with Crippen LogP contribution in [0.3, 0.4) is 0 Å². The van der Waals surface area contributed by atoms with Gasteiger partial charge >= 0.3 is 5.97 Å². The summed E-state index contributed by atoms with van der Waals surface area (Å²) in [6.07, 6.45) is 7.17. The molecule has 4 saturated carbocycles. The fraction of sp³-hybridized carbons (Fsp3) is 0.680. The monoisotopic (exact) mass is 490 g/mol. The predicted octanol–water partition coefficient (Wildman–Crippen LogP) is 2.98. The Morgan fingerprint density at radius 2 is 1.79 bits per heavy atom. The van der Waals surface area contributed by atoms with E-state index in [0.717, 1.165) is 51.4 Å². The van der Waals surface area contributed by atoms with Gasteiger partial charge in [0.05, 0.1) is 15.9 Å². The van der Waals surface area contributed by atoms with Crippen molar-refractivity contribution in [3.63, 3.8) is 0 Å². The summed E-state index contributed by atoms with van der Waals surface area (Å²) in [5.41, 5.74) is -0.483. The normalized spacial score (nSPS) is 33.0. The lowest BCUT2D eigenvalue weighted by atomic mass is 9.48. The summed E-state index contributed by atoms with van der Waals surface area (Å²) in [6, 6.07) is 4.81. The molecular formula is C25H34N2O6S. The number of anilines is 1. The molecule has 9 heteroatoms. The third kappa shape index (κ3) is 4.38. The number of nitrogens with one attached hydrogen (secondary N) is 1. The van der Waals surface area contributed by atoms with E-state index < -0.39 is 39.5 Å². The highest BCUT2D eigenvalue weighted by Crippen LogP contribution is 2.61. The fourth-order valence-corrected chi connectivity index (χ4v) is 8.90. The first kappa shape index (κ1) is 23.8. The van der Waals surface area contributed by atoms with Gasteiger partial charge in [-0.2, -0.15) is 4.31 Å². The third-order valence-electron chi connectivity index (χ3n) is 8.20. The van der Waals surface area contributed by atoms with E-state index in [2.05, 4.69) is 5.32 Å². The maximum absolute atomic E-state index is 13.1. The van der Waals surface area contributed by atoms with Gasteiger partial charge in [0.2, 0.25) is 10.0 Å². The van der Waals surface area contributed by atoms with Crippen LogP contribution in [0.5, 0.6) is 0 Å². The van der Waals surface area contributed by atoms with Crippen LogP contribution < -0.4 is 5.32 Å². The summed E-state index contributed by atoms with van der Waals surface area (Å²) >= 11 is 0. The molecule has 5 fully saturated rings. The number of rotatable bonds is 6. The molecule has 34 heavy (non-hydrogen) atoms. The first-order valence-corrected chi connectivity index (χ1v) is 13.8. The number of sulfonamides is 1. The van der Waals surface area contributed by atoms with Gasteiger partial charge in [-0.05, 0) is 87.8 Å². The van der Waals surface area contributed by atoms with Crippen molar-refractivity contribution in [3.05, 3.63) is 23.8 Å². The van der Waals surface area contributed by atoms with E-state index in [4.69, 9.17) is 4.74 Å². The molecule has 4 bridgehead atoms. The molecule has 186 valence electrons. The van der Waals surface area contributed by atoms with E-state index >= 15 is 0 Å². The van der Waals surface area contributed by atoms with E-state index in [9.17, 15) is 23.1 Å². The van der Waals surface area contributed by atoms with Crippen LogP contribution in [0.2, 0.25) is 0 Å². The Morgan fingerprint density at radius 3 is 2.44 bits per heavy atom. The predicted molar refractivity (Wildman–Crippen MR) is 125 cm³/mol. The molecule has 5 aliphatic rings. The highest BCUT2D eigenvalue weighted by Gasteiger charge is 2.60. The number of hydrogen-bond donors (Lipinski definition) is 2. The van der Waals surface area contributed by atoms with Gasteiger partial charge in [0.25, 0.3) is 5.91 Å². The third-order valence-corrected chi connectivity index (χ3v) is 10.2. The smallest absolute Gasteiger partial charge is 0.312 e. The fourth-order valence-electron chi connectivity index (χ4n) is 7.13. The molecule has 2 unspecified atom stereocenters. The van der Waals surface area contributed by atoms with Gasteiger partial charge in [-0.3, -0.25) is 9.59 Å². The van der Waals surface area contributed by atoms with Crippen molar-refractivity contribution in [1.82, 2.24) is 4.31 Å². The van der Waals surface area contributed by atoms with E-state index in [-0.39, 0.29) is 4.90 Å². The number of ether oxygens (including phenoxy) is 1. The van der Waals surface area contributed by atoms with E-state index in [1.54, 1.807) is 19.1 Å². The van der Waals surface area contributed by atoms with Crippen molar-refractivity contribution in [3.8, 4) is 0 Å². The van der Waals surface area contributed by atoms with Crippen molar-refractivity contribution in [2.24, 2.45) is 17.3 Å². The van der Waals surface area contributed by atoms with Crippen LogP contribution in [0.4, 0.5) is 5.69 Å². The number of amides is 1. The van der Waals surface area contributed by atoms with Crippen LogP contribution in [0.15, 0.2) is 23.1 Å². The Balaban J connectivity index is 1.22. The Bertz CT molecular complexity index is 1080. The van der Waals surface area contributed by atoms with E-state index in [1.807, 2.05) is 0 Å². The second kappa shape index (κ2) is 8.60. The number of nitrogens with zero attached hydrogens (tertiary/aromatic N) is 1. The molecule has 6 rings (SSSR count). The second-order valence-corrected chi connectivity index (χ2v) is 12.9. The van der Waals surface area contributed by atoms with Gasteiger partial charge in [0.1, 0.15) is 0 Å². The number of esters is 1. The topological polar surface area (TPSA) is 113 Å². The molecule has 1 amide bonds. The van der Waals surface area contributed by atoms with Crippen molar-refractivity contribution >= 4 is 27.6 Å². The van der Waals surface area contributed by atoms with Gasteiger partial charge in [-0.25, -0.2) is 8.42 Å². The number of aliphatic hydroxyl groups is 1. The Kier molecular flexibility index (Phi) is 6.01. The molecule has 0 spiro atoms. The summed E-state index contributed by atoms with van der Waals surface area (Å²) in [6.45, 7) is 2.32. The van der Waals surface area contributed by atoms with Crippen molar-refractivity contribution in [2.75, 3.05) is 25.0 Å². The zero-order chi connectivity index (χ0) is 24.1. The zero-order valence-corrected chi connectivity index (χ0v) is 20.5. The molecular weight excluding hydrogens is 456 g/mol. The van der Waals surface area contributed by atoms with Gasteiger partial charge in [0, 0.05) is 18.8 Å². The first-order valence-electron chi connectivity index (χ1n) is 12.4. The quantitative estimate of drug-likeness (QED) is 0.593. The lowest BCUT2D eigenvalue weighted by Crippen LogP contribution is -2.58. The number of hydrogen-bond acceptors (Lipinski definition) is 6. The molecule has 0 aromatic heterocycles. The lowest BCUT2D eigenvalue weighted by molar-refractivity contribution is -0.196. The molecule has 4 aliphatic carbocycles.